The molecule has 1 saturated heterocycles. The van der Waals surface area contributed by atoms with Gasteiger partial charge in [-0.25, -0.2) is 0 Å². The van der Waals surface area contributed by atoms with Gasteiger partial charge in [-0.2, -0.15) is 0 Å². The van der Waals surface area contributed by atoms with Crippen LogP contribution < -0.4 is 5.73 Å². The minimum atomic E-state index is 0.106. The van der Waals surface area contributed by atoms with Gasteiger partial charge in [-0.1, -0.05) is 30.3 Å². The van der Waals surface area contributed by atoms with Crippen LogP contribution in [0, 0.1) is 0 Å². The fourth-order valence-electron chi connectivity index (χ4n) is 1.79. The van der Waals surface area contributed by atoms with Crippen LogP contribution in [0.2, 0.25) is 0 Å². The Labute approximate surface area is 78.7 Å². The molecule has 2 heteroatoms. The first kappa shape index (κ1) is 8.73. The molecule has 1 aromatic carbocycles. The van der Waals surface area contributed by atoms with E-state index in [4.69, 9.17) is 10.5 Å². The highest BCUT2D eigenvalue weighted by atomic mass is 16.5. The molecule has 0 spiro atoms. The van der Waals surface area contributed by atoms with Crippen LogP contribution in [-0.4, -0.2) is 12.6 Å². The summed E-state index contributed by atoms with van der Waals surface area (Å²) in [6.07, 6.45) is 2.26. The van der Waals surface area contributed by atoms with E-state index in [9.17, 15) is 0 Å². The van der Waals surface area contributed by atoms with E-state index in [1.165, 1.54) is 5.56 Å². The number of nitrogens with two attached hydrogens (primary N) is 1. The quantitative estimate of drug-likeness (QED) is 0.710. The molecular weight excluding hydrogens is 162 g/mol. The van der Waals surface area contributed by atoms with E-state index in [1.807, 2.05) is 18.2 Å². The average molecular weight is 177 g/mol. The molecule has 1 fully saturated rings. The molecule has 2 nitrogen and oxygen atoms in total. The van der Waals surface area contributed by atoms with Crippen molar-refractivity contribution in [2.75, 3.05) is 6.61 Å². The summed E-state index contributed by atoms with van der Waals surface area (Å²) in [6, 6.07) is 10.4. The maximum absolute atomic E-state index is 5.99. The predicted octanol–water partition coefficient (Wildman–Crippen LogP) is 1.87. The molecule has 1 aromatic rings. The topological polar surface area (TPSA) is 35.2 Å². The molecule has 0 radical (unpaired) electrons. The Morgan fingerprint density at radius 2 is 2.00 bits per heavy atom. The van der Waals surface area contributed by atoms with Crippen molar-refractivity contribution in [2.24, 2.45) is 5.73 Å². The summed E-state index contributed by atoms with van der Waals surface area (Å²) in [5, 5.41) is 0. The van der Waals surface area contributed by atoms with Gasteiger partial charge in [0.05, 0.1) is 6.10 Å². The summed E-state index contributed by atoms with van der Waals surface area (Å²) in [6.45, 7) is 0.841. The molecule has 0 aliphatic carbocycles. The van der Waals surface area contributed by atoms with Crippen LogP contribution in [0.3, 0.4) is 0 Å². The van der Waals surface area contributed by atoms with Crippen LogP contribution >= 0.6 is 0 Å². The van der Waals surface area contributed by atoms with Gasteiger partial charge in [-0.3, -0.25) is 0 Å². The molecule has 70 valence electrons. The highest BCUT2D eigenvalue weighted by molar-refractivity contribution is 5.19. The van der Waals surface area contributed by atoms with Crippen molar-refractivity contribution in [3.05, 3.63) is 35.9 Å². The Morgan fingerprint density at radius 1 is 1.23 bits per heavy atom. The molecule has 13 heavy (non-hydrogen) atoms. The molecule has 2 N–H and O–H groups in total. The second-order valence-electron chi connectivity index (χ2n) is 3.51. The van der Waals surface area contributed by atoms with Gasteiger partial charge in [0.2, 0.25) is 0 Å². The van der Waals surface area contributed by atoms with E-state index < -0.39 is 0 Å². The maximum atomic E-state index is 5.99. The summed E-state index contributed by atoms with van der Waals surface area (Å²) in [4.78, 5) is 0. The summed E-state index contributed by atoms with van der Waals surface area (Å²) in [5.41, 5.74) is 7.19. The smallest absolute Gasteiger partial charge is 0.0975 e. The van der Waals surface area contributed by atoms with Crippen LogP contribution in [0.1, 0.15) is 24.5 Å². The number of ether oxygens (including phenoxy) is 1. The first-order valence-electron chi connectivity index (χ1n) is 4.80. The lowest BCUT2D eigenvalue weighted by Gasteiger charge is -2.29. The second kappa shape index (κ2) is 3.90. The fraction of sp³-hybridized carbons (Fsp3) is 0.455. The predicted molar refractivity (Wildman–Crippen MR) is 52.3 cm³/mol. The normalized spacial score (nSPS) is 28.7. The molecule has 0 unspecified atom stereocenters. The maximum Gasteiger partial charge on any atom is 0.0975 e. The van der Waals surface area contributed by atoms with Gasteiger partial charge in [-0.15, -0.1) is 0 Å². The van der Waals surface area contributed by atoms with Gasteiger partial charge in [0.15, 0.2) is 0 Å². The van der Waals surface area contributed by atoms with Gasteiger partial charge in [0.25, 0.3) is 0 Å². The van der Waals surface area contributed by atoms with Crippen molar-refractivity contribution in [1.29, 1.82) is 0 Å². The van der Waals surface area contributed by atoms with Crippen LogP contribution in [0.25, 0.3) is 0 Å². The second-order valence-corrected chi connectivity index (χ2v) is 3.51. The average Bonchev–Trinajstić information content (AvgIpc) is 2.20. The molecule has 0 aromatic heterocycles. The van der Waals surface area contributed by atoms with Gasteiger partial charge in [-0.05, 0) is 18.4 Å². The molecule has 2 atom stereocenters. The Balaban J connectivity index is 2.15. The fourth-order valence-corrected chi connectivity index (χ4v) is 1.79. The van der Waals surface area contributed by atoms with Crippen molar-refractivity contribution in [3.8, 4) is 0 Å². The number of hydrogen-bond acceptors (Lipinski definition) is 2. The summed E-state index contributed by atoms with van der Waals surface area (Å²) >= 11 is 0. The standard InChI is InChI=1S/C11H15NO/c12-10-7-4-8-13-11(10)9-5-2-1-3-6-9/h1-3,5-6,10-11H,4,7-8,12H2/t10-,11+/m0/s1. The Morgan fingerprint density at radius 3 is 2.69 bits per heavy atom. The van der Waals surface area contributed by atoms with Crippen molar-refractivity contribution in [1.82, 2.24) is 0 Å². The number of benzene rings is 1. The monoisotopic (exact) mass is 177 g/mol. The highest BCUT2D eigenvalue weighted by Crippen LogP contribution is 2.26. The Hall–Kier alpha value is -0.860. The van der Waals surface area contributed by atoms with Gasteiger partial charge >= 0.3 is 0 Å². The summed E-state index contributed by atoms with van der Waals surface area (Å²) in [5.74, 6) is 0. The summed E-state index contributed by atoms with van der Waals surface area (Å²) in [7, 11) is 0. The Kier molecular flexibility index (Phi) is 2.62. The van der Waals surface area contributed by atoms with Crippen molar-refractivity contribution in [3.63, 3.8) is 0 Å². The van der Waals surface area contributed by atoms with E-state index in [0.29, 0.717) is 0 Å². The molecule has 1 aliphatic rings. The van der Waals surface area contributed by atoms with E-state index in [2.05, 4.69) is 12.1 Å². The van der Waals surface area contributed by atoms with Crippen molar-refractivity contribution < 1.29 is 4.74 Å². The summed E-state index contributed by atoms with van der Waals surface area (Å²) < 4.78 is 5.65. The van der Waals surface area contributed by atoms with Gasteiger partial charge in [0.1, 0.15) is 0 Å². The minimum Gasteiger partial charge on any atom is -0.372 e. The van der Waals surface area contributed by atoms with Crippen LogP contribution in [0.5, 0.6) is 0 Å². The lowest BCUT2D eigenvalue weighted by molar-refractivity contribution is 0.000148. The van der Waals surface area contributed by atoms with Crippen LogP contribution in [0.15, 0.2) is 30.3 Å². The van der Waals surface area contributed by atoms with Crippen molar-refractivity contribution >= 4 is 0 Å². The van der Waals surface area contributed by atoms with Gasteiger partial charge in [0, 0.05) is 12.6 Å². The largest absolute Gasteiger partial charge is 0.372 e. The third-order valence-electron chi connectivity index (χ3n) is 2.50. The minimum absolute atomic E-state index is 0.106. The van der Waals surface area contributed by atoms with Crippen LogP contribution in [0.4, 0.5) is 0 Å². The molecule has 1 heterocycles. The molecule has 0 saturated carbocycles. The zero-order valence-corrected chi connectivity index (χ0v) is 7.65. The van der Waals surface area contributed by atoms with Crippen LogP contribution in [-0.2, 0) is 4.74 Å². The molecule has 0 bridgehead atoms. The van der Waals surface area contributed by atoms with E-state index >= 15 is 0 Å². The molecule has 2 rings (SSSR count). The van der Waals surface area contributed by atoms with Crippen molar-refractivity contribution in [2.45, 2.75) is 25.0 Å². The first-order valence-corrected chi connectivity index (χ1v) is 4.80. The highest BCUT2D eigenvalue weighted by Gasteiger charge is 2.23. The number of hydrogen-bond donors (Lipinski definition) is 1. The van der Waals surface area contributed by atoms with E-state index in [0.717, 1.165) is 19.4 Å². The van der Waals surface area contributed by atoms with E-state index in [1.54, 1.807) is 0 Å². The lowest BCUT2D eigenvalue weighted by Crippen LogP contribution is -2.34. The molecule has 1 aliphatic heterocycles. The lowest BCUT2D eigenvalue weighted by atomic mass is 9.97. The third-order valence-corrected chi connectivity index (χ3v) is 2.50. The van der Waals surface area contributed by atoms with E-state index in [-0.39, 0.29) is 12.1 Å². The zero-order chi connectivity index (χ0) is 9.10. The Bertz CT molecular complexity index is 260. The van der Waals surface area contributed by atoms with Gasteiger partial charge < -0.3 is 10.5 Å². The molecule has 0 amide bonds. The third kappa shape index (κ3) is 1.90. The SMILES string of the molecule is N[C@H]1CCCO[C@@H]1c1ccccc1. The number of rotatable bonds is 1. The molecular formula is C11H15NO. The zero-order valence-electron chi connectivity index (χ0n) is 7.65. The first-order chi connectivity index (χ1) is 6.38.